The second-order valence-electron chi connectivity index (χ2n) is 6.07. The molecule has 2 aliphatic rings. The molecule has 0 unspecified atom stereocenters. The van der Waals surface area contributed by atoms with E-state index in [-0.39, 0.29) is 18.4 Å². The summed E-state index contributed by atoms with van der Waals surface area (Å²) in [4.78, 5) is 30.5. The van der Waals surface area contributed by atoms with E-state index in [0.29, 0.717) is 46.5 Å². The summed E-state index contributed by atoms with van der Waals surface area (Å²) in [6.07, 6.45) is 0. The fourth-order valence-electron chi connectivity index (χ4n) is 3.19. The normalized spacial score (nSPS) is 19.4. The molecule has 3 rings (SSSR count). The van der Waals surface area contributed by atoms with Gasteiger partial charge < -0.3 is 10.0 Å². The maximum atomic E-state index is 12.7. The van der Waals surface area contributed by atoms with Gasteiger partial charge in [-0.1, -0.05) is 29.3 Å². The summed E-state index contributed by atoms with van der Waals surface area (Å²) in [7, 11) is 1.48. The summed E-state index contributed by atoms with van der Waals surface area (Å²) in [5, 5.41) is 9.87. The van der Waals surface area contributed by atoms with Crippen molar-refractivity contribution in [1.82, 2.24) is 14.7 Å². The van der Waals surface area contributed by atoms with Crippen molar-refractivity contribution in [2.75, 3.05) is 46.4 Å². The Morgan fingerprint density at radius 3 is 2.36 bits per heavy atom. The molecule has 2 heterocycles. The zero-order chi connectivity index (χ0) is 18.1. The molecule has 8 heteroatoms. The number of β-amino-alcohol motifs (C(OH)–C–C–N with tert-alkyl or cyclic N) is 1. The van der Waals surface area contributed by atoms with Gasteiger partial charge in [-0.25, -0.2) is 0 Å². The fraction of sp³-hybridized carbons (Fsp3) is 0.412. The molecule has 134 valence electrons. The third-order valence-electron chi connectivity index (χ3n) is 4.57. The van der Waals surface area contributed by atoms with Gasteiger partial charge in [0.2, 0.25) is 0 Å². The molecule has 2 aliphatic heterocycles. The largest absolute Gasteiger partial charge is 0.395 e. The number of aliphatic hydroxyl groups excluding tert-OH is 1. The van der Waals surface area contributed by atoms with E-state index in [2.05, 4.69) is 4.90 Å². The maximum absolute atomic E-state index is 12.7. The van der Waals surface area contributed by atoms with Gasteiger partial charge in [0.05, 0.1) is 17.2 Å². The number of hydrogen-bond acceptors (Lipinski definition) is 5. The Bertz CT molecular complexity index is 743. The van der Waals surface area contributed by atoms with E-state index in [0.717, 1.165) is 18.0 Å². The number of imide groups is 1. The first kappa shape index (κ1) is 18.2. The maximum Gasteiger partial charge on any atom is 0.277 e. The Morgan fingerprint density at radius 2 is 1.76 bits per heavy atom. The molecule has 1 aromatic carbocycles. The Labute approximate surface area is 156 Å². The van der Waals surface area contributed by atoms with Gasteiger partial charge in [-0.3, -0.25) is 19.4 Å². The van der Waals surface area contributed by atoms with Crippen LogP contribution >= 0.6 is 23.2 Å². The van der Waals surface area contributed by atoms with Crippen LogP contribution in [-0.2, 0) is 9.59 Å². The van der Waals surface area contributed by atoms with Crippen molar-refractivity contribution in [1.29, 1.82) is 0 Å². The number of benzene rings is 1. The van der Waals surface area contributed by atoms with Crippen molar-refractivity contribution in [3.63, 3.8) is 0 Å². The van der Waals surface area contributed by atoms with Gasteiger partial charge in [0.15, 0.2) is 0 Å². The van der Waals surface area contributed by atoms with Gasteiger partial charge in [-0.05, 0) is 12.1 Å². The molecule has 0 aromatic heterocycles. The lowest BCUT2D eigenvalue weighted by molar-refractivity contribution is -0.136. The molecule has 25 heavy (non-hydrogen) atoms. The summed E-state index contributed by atoms with van der Waals surface area (Å²) >= 11 is 12.2. The molecule has 6 nitrogen and oxygen atoms in total. The average Bonchev–Trinajstić information content (AvgIpc) is 2.80. The molecule has 1 saturated heterocycles. The van der Waals surface area contributed by atoms with Crippen molar-refractivity contribution in [3.05, 3.63) is 39.5 Å². The predicted molar refractivity (Wildman–Crippen MR) is 96.3 cm³/mol. The van der Waals surface area contributed by atoms with Crippen molar-refractivity contribution < 1.29 is 14.7 Å². The lowest BCUT2D eigenvalue weighted by Crippen LogP contribution is -2.48. The molecular formula is C17H19Cl2N3O3. The Morgan fingerprint density at radius 1 is 1.08 bits per heavy atom. The number of aliphatic hydroxyl groups is 1. The van der Waals surface area contributed by atoms with Crippen molar-refractivity contribution in [2.24, 2.45) is 0 Å². The zero-order valence-corrected chi connectivity index (χ0v) is 15.3. The standard InChI is InChI=1S/C17H19Cl2N3O3/c1-20-16(24)14(12-3-2-11(18)10-13(12)19)15(17(20)25)22-6-4-21(5-7-22)8-9-23/h2-3,10,23H,4-9H2,1H3. The smallest absolute Gasteiger partial charge is 0.277 e. The van der Waals surface area contributed by atoms with E-state index in [1.807, 2.05) is 4.90 Å². The van der Waals surface area contributed by atoms with Crippen LogP contribution in [0.4, 0.5) is 0 Å². The van der Waals surface area contributed by atoms with E-state index < -0.39 is 0 Å². The minimum absolute atomic E-state index is 0.106. The number of rotatable bonds is 4. The summed E-state index contributed by atoms with van der Waals surface area (Å²) in [5.74, 6) is -0.677. The van der Waals surface area contributed by atoms with Gasteiger partial charge in [0, 0.05) is 50.4 Å². The van der Waals surface area contributed by atoms with Crippen molar-refractivity contribution in [3.8, 4) is 0 Å². The van der Waals surface area contributed by atoms with Crippen LogP contribution in [0.25, 0.3) is 5.57 Å². The number of likely N-dealkylation sites (N-methyl/N-ethyl adjacent to an activating group) is 1. The van der Waals surface area contributed by atoms with Gasteiger partial charge in [0.1, 0.15) is 5.70 Å². The van der Waals surface area contributed by atoms with E-state index in [1.165, 1.54) is 7.05 Å². The topological polar surface area (TPSA) is 64.1 Å². The van der Waals surface area contributed by atoms with E-state index in [9.17, 15) is 9.59 Å². The second-order valence-corrected chi connectivity index (χ2v) is 6.91. The number of carbonyl (C=O) groups excluding carboxylic acids is 2. The molecule has 1 N–H and O–H groups in total. The number of carbonyl (C=O) groups is 2. The van der Waals surface area contributed by atoms with E-state index >= 15 is 0 Å². The summed E-state index contributed by atoms with van der Waals surface area (Å²) in [5.41, 5.74) is 1.23. The Balaban J connectivity index is 1.98. The number of nitrogens with zero attached hydrogens (tertiary/aromatic N) is 3. The second kappa shape index (κ2) is 7.33. The lowest BCUT2D eigenvalue weighted by atomic mass is 10.0. The highest BCUT2D eigenvalue weighted by Gasteiger charge is 2.40. The fourth-order valence-corrected chi connectivity index (χ4v) is 3.69. The summed E-state index contributed by atoms with van der Waals surface area (Å²) in [6.45, 7) is 3.37. The first-order valence-corrected chi connectivity index (χ1v) is 8.80. The van der Waals surface area contributed by atoms with Crippen LogP contribution in [0, 0.1) is 0 Å². The Kier molecular flexibility index (Phi) is 5.34. The molecule has 2 amide bonds. The highest BCUT2D eigenvalue weighted by Crippen LogP contribution is 2.35. The van der Waals surface area contributed by atoms with Gasteiger partial charge in [-0.15, -0.1) is 0 Å². The van der Waals surface area contributed by atoms with Crippen molar-refractivity contribution >= 4 is 40.6 Å². The van der Waals surface area contributed by atoms with Crippen LogP contribution in [0.3, 0.4) is 0 Å². The number of halogens is 2. The lowest BCUT2D eigenvalue weighted by Gasteiger charge is -2.36. The highest BCUT2D eigenvalue weighted by atomic mass is 35.5. The third-order valence-corrected chi connectivity index (χ3v) is 5.12. The Hall–Kier alpha value is -1.60. The van der Waals surface area contributed by atoms with Crippen molar-refractivity contribution in [2.45, 2.75) is 0 Å². The van der Waals surface area contributed by atoms with E-state index in [1.54, 1.807) is 18.2 Å². The average molecular weight is 384 g/mol. The molecule has 0 aliphatic carbocycles. The molecule has 0 spiro atoms. The van der Waals surface area contributed by atoms with Crippen LogP contribution in [0.1, 0.15) is 5.56 Å². The SMILES string of the molecule is CN1C(=O)C(c2ccc(Cl)cc2Cl)=C(N2CCN(CCO)CC2)C1=O. The molecule has 0 radical (unpaired) electrons. The van der Waals surface area contributed by atoms with Gasteiger partial charge >= 0.3 is 0 Å². The summed E-state index contributed by atoms with van der Waals surface area (Å²) < 4.78 is 0. The quantitative estimate of drug-likeness (QED) is 0.794. The highest BCUT2D eigenvalue weighted by molar-refractivity contribution is 6.41. The minimum atomic E-state index is -0.359. The number of piperazine rings is 1. The molecule has 0 bridgehead atoms. The first-order valence-electron chi connectivity index (χ1n) is 8.04. The molecule has 1 aromatic rings. The van der Waals surface area contributed by atoms with Crippen LogP contribution < -0.4 is 0 Å². The predicted octanol–water partition coefficient (Wildman–Crippen LogP) is 1.31. The molecule has 1 fully saturated rings. The number of hydrogen-bond donors (Lipinski definition) is 1. The van der Waals surface area contributed by atoms with Crippen LogP contribution in [0.5, 0.6) is 0 Å². The van der Waals surface area contributed by atoms with Crippen LogP contribution in [-0.4, -0.2) is 78.0 Å². The van der Waals surface area contributed by atoms with Gasteiger partial charge in [-0.2, -0.15) is 0 Å². The van der Waals surface area contributed by atoms with Gasteiger partial charge in [0.25, 0.3) is 11.8 Å². The first-order chi connectivity index (χ1) is 11.9. The zero-order valence-electron chi connectivity index (χ0n) is 13.8. The molecular weight excluding hydrogens is 365 g/mol. The molecule has 0 saturated carbocycles. The minimum Gasteiger partial charge on any atom is -0.395 e. The molecule has 0 atom stereocenters. The van der Waals surface area contributed by atoms with E-state index in [4.69, 9.17) is 28.3 Å². The third kappa shape index (κ3) is 3.40. The summed E-state index contributed by atoms with van der Waals surface area (Å²) in [6, 6.07) is 4.90. The van der Waals surface area contributed by atoms with Crippen LogP contribution in [0.15, 0.2) is 23.9 Å². The monoisotopic (exact) mass is 383 g/mol. The number of amides is 2. The van der Waals surface area contributed by atoms with Crippen LogP contribution in [0.2, 0.25) is 10.0 Å².